The molecule has 0 spiro atoms. The van der Waals surface area contributed by atoms with Gasteiger partial charge < -0.3 is 10.2 Å². The van der Waals surface area contributed by atoms with Crippen LogP contribution in [0.15, 0.2) is 30.3 Å². The quantitative estimate of drug-likeness (QED) is 0.838. The second-order valence-corrected chi connectivity index (χ2v) is 4.44. The second-order valence-electron chi connectivity index (χ2n) is 4.44. The Bertz CT molecular complexity index is 424. The van der Waals surface area contributed by atoms with Crippen LogP contribution in [-0.2, 0) is 16.1 Å². The highest BCUT2D eigenvalue weighted by molar-refractivity contribution is 5.79. The van der Waals surface area contributed by atoms with Crippen molar-refractivity contribution in [2.45, 2.75) is 31.5 Å². The smallest absolute Gasteiger partial charge is 0.320 e. The number of nitrogens with zero attached hydrogens (tertiary/aromatic N) is 1. The van der Waals surface area contributed by atoms with Crippen molar-refractivity contribution in [3.63, 3.8) is 0 Å². The number of carboxylic acid groups (broad SMARTS) is 2. The molecule has 5 nitrogen and oxygen atoms in total. The van der Waals surface area contributed by atoms with Gasteiger partial charge in [0.05, 0.1) is 0 Å². The molecular formula is C13H15NO4. The van der Waals surface area contributed by atoms with Crippen molar-refractivity contribution in [1.82, 2.24) is 4.90 Å². The maximum Gasteiger partial charge on any atom is 0.320 e. The first-order valence-electron chi connectivity index (χ1n) is 5.85. The molecule has 5 heteroatoms. The lowest BCUT2D eigenvalue weighted by molar-refractivity contribution is -0.147. The van der Waals surface area contributed by atoms with Gasteiger partial charge in [0.2, 0.25) is 0 Å². The highest BCUT2D eigenvalue weighted by Crippen LogP contribution is 2.26. The molecule has 0 saturated carbocycles. The summed E-state index contributed by atoms with van der Waals surface area (Å²) in [5.74, 6) is -1.90. The first-order valence-corrected chi connectivity index (χ1v) is 5.85. The molecule has 2 atom stereocenters. The van der Waals surface area contributed by atoms with Gasteiger partial charge in [-0.2, -0.15) is 0 Å². The summed E-state index contributed by atoms with van der Waals surface area (Å²) in [6.07, 6.45) is 0.776. The van der Waals surface area contributed by atoms with Crippen molar-refractivity contribution < 1.29 is 19.8 Å². The summed E-state index contributed by atoms with van der Waals surface area (Å²) in [4.78, 5) is 23.8. The fourth-order valence-electron chi connectivity index (χ4n) is 2.41. The van der Waals surface area contributed by atoms with Crippen molar-refractivity contribution in [1.29, 1.82) is 0 Å². The Labute approximate surface area is 105 Å². The summed E-state index contributed by atoms with van der Waals surface area (Å²) >= 11 is 0. The number of aliphatic carboxylic acids is 2. The van der Waals surface area contributed by atoms with Crippen molar-refractivity contribution in [2.75, 3.05) is 0 Å². The lowest BCUT2D eigenvalue weighted by Crippen LogP contribution is -2.43. The van der Waals surface area contributed by atoms with Gasteiger partial charge in [-0.15, -0.1) is 0 Å². The van der Waals surface area contributed by atoms with Gasteiger partial charge in [-0.05, 0) is 18.4 Å². The summed E-state index contributed by atoms with van der Waals surface area (Å²) in [6.45, 7) is 0.356. The maximum atomic E-state index is 11.1. The maximum absolute atomic E-state index is 11.1. The molecule has 2 N–H and O–H groups in total. The zero-order valence-corrected chi connectivity index (χ0v) is 9.82. The van der Waals surface area contributed by atoms with E-state index in [1.165, 1.54) is 0 Å². The number of benzene rings is 1. The molecule has 18 heavy (non-hydrogen) atoms. The monoisotopic (exact) mass is 249 g/mol. The third-order valence-electron chi connectivity index (χ3n) is 3.29. The molecule has 96 valence electrons. The van der Waals surface area contributed by atoms with Gasteiger partial charge in [0.25, 0.3) is 0 Å². The first kappa shape index (κ1) is 12.6. The molecule has 0 bridgehead atoms. The molecule has 0 radical (unpaired) electrons. The van der Waals surface area contributed by atoms with Crippen LogP contribution in [0.3, 0.4) is 0 Å². The Kier molecular flexibility index (Phi) is 3.62. The second kappa shape index (κ2) is 5.18. The molecule has 1 saturated heterocycles. The van der Waals surface area contributed by atoms with E-state index in [0.717, 1.165) is 5.56 Å². The highest BCUT2D eigenvalue weighted by atomic mass is 16.4. The summed E-state index contributed by atoms with van der Waals surface area (Å²) in [5.41, 5.74) is 0.928. The van der Waals surface area contributed by atoms with Gasteiger partial charge in [-0.3, -0.25) is 14.5 Å². The number of rotatable bonds is 4. The van der Waals surface area contributed by atoms with Gasteiger partial charge in [0.1, 0.15) is 12.1 Å². The van der Waals surface area contributed by atoms with Crippen LogP contribution in [0, 0.1) is 0 Å². The molecule has 1 aromatic rings. The fourth-order valence-corrected chi connectivity index (χ4v) is 2.41. The van der Waals surface area contributed by atoms with E-state index in [2.05, 4.69) is 0 Å². The first-order chi connectivity index (χ1) is 8.59. The Morgan fingerprint density at radius 1 is 1.06 bits per heavy atom. The summed E-state index contributed by atoms with van der Waals surface area (Å²) in [5, 5.41) is 18.3. The normalized spacial score (nSPS) is 24.0. The minimum absolute atomic E-state index is 0.356. The Hall–Kier alpha value is -1.88. The average molecular weight is 249 g/mol. The number of likely N-dealkylation sites (tertiary alicyclic amines) is 1. The molecule has 1 aliphatic heterocycles. The molecule has 1 heterocycles. The van der Waals surface area contributed by atoms with Crippen LogP contribution in [0.2, 0.25) is 0 Å². The molecule has 2 rings (SSSR count). The van der Waals surface area contributed by atoms with Crippen LogP contribution >= 0.6 is 0 Å². The number of carboxylic acids is 2. The van der Waals surface area contributed by atoms with E-state index in [1.807, 2.05) is 30.3 Å². The predicted octanol–water partition coefficient (Wildman–Crippen LogP) is 1.19. The average Bonchev–Trinajstić information content (AvgIpc) is 2.74. The Balaban J connectivity index is 2.19. The molecule has 0 amide bonds. The van der Waals surface area contributed by atoms with E-state index in [9.17, 15) is 9.59 Å². The molecule has 1 aliphatic rings. The van der Waals surface area contributed by atoms with Crippen molar-refractivity contribution in [3.05, 3.63) is 35.9 Å². The van der Waals surface area contributed by atoms with Gasteiger partial charge in [0, 0.05) is 6.54 Å². The van der Waals surface area contributed by atoms with Gasteiger partial charge in [-0.25, -0.2) is 0 Å². The van der Waals surface area contributed by atoms with Crippen molar-refractivity contribution >= 4 is 11.9 Å². The van der Waals surface area contributed by atoms with Crippen molar-refractivity contribution in [2.24, 2.45) is 0 Å². The molecule has 1 fully saturated rings. The minimum Gasteiger partial charge on any atom is -0.480 e. The number of hydrogen-bond acceptors (Lipinski definition) is 3. The van der Waals surface area contributed by atoms with Crippen LogP contribution in [0.1, 0.15) is 18.4 Å². The van der Waals surface area contributed by atoms with E-state index in [-0.39, 0.29) is 0 Å². The van der Waals surface area contributed by atoms with E-state index >= 15 is 0 Å². The van der Waals surface area contributed by atoms with Crippen LogP contribution in [0.5, 0.6) is 0 Å². The van der Waals surface area contributed by atoms with E-state index < -0.39 is 24.0 Å². The minimum atomic E-state index is -0.949. The lowest BCUT2D eigenvalue weighted by Gasteiger charge is -2.25. The molecule has 0 unspecified atom stereocenters. The largest absolute Gasteiger partial charge is 0.480 e. The molecule has 0 aromatic heterocycles. The molecular weight excluding hydrogens is 234 g/mol. The SMILES string of the molecule is O=C(O)[C@H]1CC[C@H](C(=O)O)N1Cc1ccccc1. The Morgan fingerprint density at radius 2 is 1.56 bits per heavy atom. The fraction of sp³-hybridized carbons (Fsp3) is 0.385. The summed E-state index contributed by atoms with van der Waals surface area (Å²) in [7, 11) is 0. The molecule has 0 aliphatic carbocycles. The van der Waals surface area contributed by atoms with E-state index in [1.54, 1.807) is 4.90 Å². The van der Waals surface area contributed by atoms with Crippen LogP contribution in [0.4, 0.5) is 0 Å². The molecule has 1 aromatic carbocycles. The van der Waals surface area contributed by atoms with Crippen LogP contribution < -0.4 is 0 Å². The third kappa shape index (κ3) is 2.51. The van der Waals surface area contributed by atoms with E-state index in [0.29, 0.717) is 19.4 Å². The van der Waals surface area contributed by atoms with Gasteiger partial charge >= 0.3 is 11.9 Å². The van der Waals surface area contributed by atoms with Gasteiger partial charge in [0.15, 0.2) is 0 Å². The van der Waals surface area contributed by atoms with Gasteiger partial charge in [-0.1, -0.05) is 30.3 Å². The number of carbonyl (C=O) groups is 2. The number of hydrogen-bond donors (Lipinski definition) is 2. The zero-order valence-electron chi connectivity index (χ0n) is 9.82. The third-order valence-corrected chi connectivity index (χ3v) is 3.29. The Morgan fingerprint density at radius 3 is 2.00 bits per heavy atom. The highest BCUT2D eigenvalue weighted by Gasteiger charge is 2.41. The van der Waals surface area contributed by atoms with Crippen molar-refractivity contribution in [3.8, 4) is 0 Å². The van der Waals surface area contributed by atoms with Crippen LogP contribution in [0.25, 0.3) is 0 Å². The topological polar surface area (TPSA) is 77.8 Å². The van der Waals surface area contributed by atoms with Crippen LogP contribution in [-0.4, -0.2) is 39.1 Å². The predicted molar refractivity (Wildman–Crippen MR) is 64.1 cm³/mol. The standard InChI is InChI=1S/C13H15NO4/c15-12(16)10-6-7-11(13(17)18)14(10)8-9-4-2-1-3-5-9/h1-5,10-11H,6-8H2,(H,15,16)(H,17,18)/t10-,11-/m1/s1. The van der Waals surface area contributed by atoms with E-state index in [4.69, 9.17) is 10.2 Å². The summed E-state index contributed by atoms with van der Waals surface area (Å²) in [6, 6.07) is 7.93. The zero-order chi connectivity index (χ0) is 13.1. The lowest BCUT2D eigenvalue weighted by atomic mass is 10.2. The summed E-state index contributed by atoms with van der Waals surface area (Å²) < 4.78 is 0.